The predicted molar refractivity (Wildman–Crippen MR) is 103 cm³/mol. The van der Waals surface area contributed by atoms with Crippen LogP contribution in [-0.4, -0.2) is 43.6 Å². The molecule has 1 fully saturated rings. The number of anilines is 2. The Hall–Kier alpha value is -3.29. The lowest BCUT2D eigenvalue weighted by atomic mass is 10.2. The van der Waals surface area contributed by atoms with Crippen LogP contribution in [0.5, 0.6) is 11.5 Å². The average molecular weight is 387 g/mol. The van der Waals surface area contributed by atoms with E-state index in [1.165, 1.54) is 43.4 Å². The van der Waals surface area contributed by atoms with Crippen LogP contribution >= 0.6 is 0 Å². The van der Waals surface area contributed by atoms with Crippen LogP contribution in [0, 0.1) is 5.82 Å². The van der Waals surface area contributed by atoms with Crippen molar-refractivity contribution in [1.29, 1.82) is 0 Å². The summed E-state index contributed by atoms with van der Waals surface area (Å²) in [6.45, 7) is 0.453. The number of hydrogen-bond donors (Lipinski definition) is 2. The molecule has 2 N–H and O–H groups in total. The second-order valence-corrected chi connectivity index (χ2v) is 6.32. The summed E-state index contributed by atoms with van der Waals surface area (Å²) in [5.41, 5.74) is 0.882. The molecule has 2 aromatic rings. The molecule has 1 heterocycles. The number of halogens is 1. The summed E-state index contributed by atoms with van der Waals surface area (Å²) in [5, 5.41) is 5.51. The fourth-order valence-corrected chi connectivity index (χ4v) is 3.19. The highest BCUT2D eigenvalue weighted by Gasteiger charge is 2.35. The smallest absolute Gasteiger partial charge is 0.322 e. The van der Waals surface area contributed by atoms with E-state index in [1.807, 2.05) is 0 Å². The van der Waals surface area contributed by atoms with Gasteiger partial charge >= 0.3 is 6.03 Å². The Balaban J connectivity index is 1.73. The summed E-state index contributed by atoms with van der Waals surface area (Å²) < 4.78 is 23.6. The Kier molecular flexibility index (Phi) is 5.98. The summed E-state index contributed by atoms with van der Waals surface area (Å²) in [5.74, 6) is 0.220. The molecule has 0 aromatic heterocycles. The van der Waals surface area contributed by atoms with Gasteiger partial charge in [-0.05, 0) is 49.2 Å². The molecule has 148 valence electrons. The maximum absolute atomic E-state index is 13.0. The number of methoxy groups -OCH3 is 2. The molecule has 0 unspecified atom stereocenters. The minimum absolute atomic E-state index is 0.324. The molecule has 2 aromatic carbocycles. The summed E-state index contributed by atoms with van der Waals surface area (Å²) in [6.07, 6.45) is 1.25. The molecule has 0 radical (unpaired) electrons. The van der Waals surface area contributed by atoms with Crippen molar-refractivity contribution in [2.24, 2.45) is 0 Å². The molecule has 3 amide bonds. The second kappa shape index (κ2) is 8.60. The number of ether oxygens (including phenoxy) is 2. The third-order valence-corrected chi connectivity index (χ3v) is 4.59. The normalized spacial score (nSPS) is 15.8. The maximum Gasteiger partial charge on any atom is 0.322 e. The maximum atomic E-state index is 13.0. The van der Waals surface area contributed by atoms with Gasteiger partial charge in [0.25, 0.3) is 0 Å². The van der Waals surface area contributed by atoms with E-state index in [4.69, 9.17) is 9.47 Å². The molecule has 0 bridgehead atoms. The van der Waals surface area contributed by atoms with Gasteiger partial charge in [-0.3, -0.25) is 4.79 Å². The summed E-state index contributed by atoms with van der Waals surface area (Å²) >= 11 is 0. The lowest BCUT2D eigenvalue weighted by Gasteiger charge is -2.25. The molecular weight excluding hydrogens is 365 g/mol. The van der Waals surface area contributed by atoms with Gasteiger partial charge in [0.05, 0.1) is 14.2 Å². The summed E-state index contributed by atoms with van der Waals surface area (Å²) in [7, 11) is 3.00. The van der Waals surface area contributed by atoms with Crippen LogP contribution in [0.1, 0.15) is 12.8 Å². The van der Waals surface area contributed by atoms with Crippen molar-refractivity contribution < 1.29 is 23.5 Å². The van der Waals surface area contributed by atoms with Gasteiger partial charge in [-0.25, -0.2) is 9.18 Å². The van der Waals surface area contributed by atoms with E-state index in [1.54, 1.807) is 18.2 Å². The minimum atomic E-state index is -0.630. The average Bonchev–Trinajstić information content (AvgIpc) is 3.20. The SMILES string of the molecule is COc1cccc(OC)c1NC(=O)[C@@H]1CCCN1C(=O)Nc1ccc(F)cc1. The van der Waals surface area contributed by atoms with Gasteiger partial charge in [-0.2, -0.15) is 0 Å². The quantitative estimate of drug-likeness (QED) is 0.823. The lowest BCUT2D eigenvalue weighted by molar-refractivity contribution is -0.119. The van der Waals surface area contributed by atoms with Crippen LogP contribution in [0.3, 0.4) is 0 Å². The van der Waals surface area contributed by atoms with Crippen LogP contribution in [0.25, 0.3) is 0 Å². The van der Waals surface area contributed by atoms with Crippen molar-refractivity contribution in [2.45, 2.75) is 18.9 Å². The third kappa shape index (κ3) is 4.16. The Morgan fingerprint density at radius 3 is 2.29 bits per heavy atom. The van der Waals surface area contributed by atoms with Crippen molar-refractivity contribution >= 4 is 23.3 Å². The number of amides is 3. The van der Waals surface area contributed by atoms with Crippen LogP contribution in [0.15, 0.2) is 42.5 Å². The van der Waals surface area contributed by atoms with E-state index in [9.17, 15) is 14.0 Å². The van der Waals surface area contributed by atoms with E-state index in [0.717, 1.165) is 0 Å². The standard InChI is InChI=1S/C20H22FN3O4/c1-27-16-6-3-7-17(28-2)18(16)23-19(25)15-5-4-12-24(15)20(26)22-14-10-8-13(21)9-11-14/h3,6-11,15H,4-5,12H2,1-2H3,(H,22,26)(H,23,25)/t15-/m0/s1. The van der Waals surface area contributed by atoms with Crippen LogP contribution in [0.4, 0.5) is 20.6 Å². The first-order chi connectivity index (χ1) is 13.5. The highest BCUT2D eigenvalue weighted by molar-refractivity contribution is 6.01. The Morgan fingerprint density at radius 2 is 1.68 bits per heavy atom. The molecule has 1 aliphatic rings. The Bertz CT molecular complexity index is 835. The van der Waals surface area contributed by atoms with Gasteiger partial charge in [-0.1, -0.05) is 6.07 Å². The molecule has 1 atom stereocenters. The number of hydrogen-bond acceptors (Lipinski definition) is 4. The number of nitrogens with one attached hydrogen (secondary N) is 2. The molecule has 1 aliphatic heterocycles. The van der Waals surface area contributed by atoms with Crippen LogP contribution in [0.2, 0.25) is 0 Å². The van der Waals surface area contributed by atoms with Crippen molar-refractivity contribution in [3.63, 3.8) is 0 Å². The van der Waals surface area contributed by atoms with E-state index in [2.05, 4.69) is 10.6 Å². The number of urea groups is 1. The van der Waals surface area contributed by atoms with Gasteiger partial charge in [-0.15, -0.1) is 0 Å². The summed E-state index contributed by atoms with van der Waals surface area (Å²) in [6, 6.07) is 9.61. The first-order valence-electron chi connectivity index (χ1n) is 8.88. The zero-order valence-electron chi connectivity index (χ0n) is 15.7. The fourth-order valence-electron chi connectivity index (χ4n) is 3.19. The van der Waals surface area contributed by atoms with Crippen molar-refractivity contribution in [1.82, 2.24) is 4.90 Å². The fraction of sp³-hybridized carbons (Fsp3) is 0.300. The minimum Gasteiger partial charge on any atom is -0.494 e. The molecule has 0 saturated carbocycles. The zero-order chi connectivity index (χ0) is 20.1. The molecule has 7 nitrogen and oxygen atoms in total. The number of carbonyl (C=O) groups excluding carboxylic acids is 2. The van der Waals surface area contributed by atoms with E-state index in [-0.39, 0.29) is 11.7 Å². The second-order valence-electron chi connectivity index (χ2n) is 6.32. The highest BCUT2D eigenvalue weighted by atomic mass is 19.1. The van der Waals surface area contributed by atoms with E-state index in [0.29, 0.717) is 42.3 Å². The number of likely N-dealkylation sites (tertiary alicyclic amines) is 1. The molecule has 3 rings (SSSR count). The lowest BCUT2D eigenvalue weighted by Crippen LogP contribution is -2.45. The summed E-state index contributed by atoms with van der Waals surface area (Å²) in [4.78, 5) is 26.9. The van der Waals surface area contributed by atoms with Crippen molar-refractivity contribution in [3.8, 4) is 11.5 Å². The largest absolute Gasteiger partial charge is 0.494 e. The van der Waals surface area contributed by atoms with Gasteiger partial charge in [0, 0.05) is 12.2 Å². The Morgan fingerprint density at radius 1 is 1.04 bits per heavy atom. The van der Waals surface area contributed by atoms with Gasteiger partial charge in [0.2, 0.25) is 5.91 Å². The molecule has 8 heteroatoms. The molecule has 28 heavy (non-hydrogen) atoms. The number of para-hydroxylation sites is 1. The molecule has 0 aliphatic carbocycles. The number of carbonyl (C=O) groups is 2. The molecular formula is C20H22FN3O4. The van der Waals surface area contributed by atoms with Crippen LogP contribution in [-0.2, 0) is 4.79 Å². The van der Waals surface area contributed by atoms with Crippen molar-refractivity contribution in [2.75, 3.05) is 31.4 Å². The first-order valence-corrected chi connectivity index (χ1v) is 8.88. The monoisotopic (exact) mass is 387 g/mol. The number of benzene rings is 2. The highest BCUT2D eigenvalue weighted by Crippen LogP contribution is 2.35. The van der Waals surface area contributed by atoms with E-state index < -0.39 is 12.1 Å². The number of rotatable bonds is 5. The zero-order valence-corrected chi connectivity index (χ0v) is 15.7. The topological polar surface area (TPSA) is 79.9 Å². The van der Waals surface area contributed by atoms with Crippen LogP contribution < -0.4 is 20.1 Å². The first kappa shape index (κ1) is 19.5. The van der Waals surface area contributed by atoms with Gasteiger partial charge < -0.3 is 25.0 Å². The van der Waals surface area contributed by atoms with Gasteiger partial charge in [0.15, 0.2) is 0 Å². The van der Waals surface area contributed by atoms with E-state index >= 15 is 0 Å². The Labute approximate surface area is 162 Å². The third-order valence-electron chi connectivity index (χ3n) is 4.59. The molecule has 1 saturated heterocycles. The number of nitrogens with zero attached hydrogens (tertiary/aromatic N) is 1. The van der Waals surface area contributed by atoms with Gasteiger partial charge in [0.1, 0.15) is 29.0 Å². The van der Waals surface area contributed by atoms with Crippen molar-refractivity contribution in [3.05, 3.63) is 48.3 Å². The predicted octanol–water partition coefficient (Wildman–Crippen LogP) is 3.48. The molecule has 0 spiro atoms.